The standard InChI is InChI=1S/C16H12N4O2/c1-2-22-16(21)14-5-8-17-11-12(14)3-4-13-7-10-20-15(19-13)6-9-18-20/h5-11H,2H2,1H3. The monoisotopic (exact) mass is 292 g/mol. The Morgan fingerprint density at radius 3 is 3.05 bits per heavy atom. The first-order chi connectivity index (χ1) is 10.8. The summed E-state index contributed by atoms with van der Waals surface area (Å²) in [6.07, 6.45) is 6.52. The van der Waals surface area contributed by atoms with E-state index in [-0.39, 0.29) is 0 Å². The molecular formula is C16H12N4O2. The highest BCUT2D eigenvalue weighted by atomic mass is 16.5. The lowest BCUT2D eigenvalue weighted by Crippen LogP contribution is -2.07. The van der Waals surface area contributed by atoms with E-state index in [2.05, 4.69) is 26.9 Å². The molecular weight excluding hydrogens is 280 g/mol. The maximum atomic E-state index is 11.9. The summed E-state index contributed by atoms with van der Waals surface area (Å²) in [6, 6.07) is 5.14. The van der Waals surface area contributed by atoms with Gasteiger partial charge in [-0.25, -0.2) is 14.3 Å². The van der Waals surface area contributed by atoms with Gasteiger partial charge in [-0.1, -0.05) is 5.92 Å². The Labute approximate surface area is 126 Å². The summed E-state index contributed by atoms with van der Waals surface area (Å²) in [7, 11) is 0. The lowest BCUT2D eigenvalue weighted by Gasteiger charge is -2.02. The number of fused-ring (bicyclic) bond motifs is 1. The van der Waals surface area contributed by atoms with Crippen molar-refractivity contribution in [3.8, 4) is 11.8 Å². The van der Waals surface area contributed by atoms with Crippen LogP contribution >= 0.6 is 0 Å². The number of hydrogen-bond donors (Lipinski definition) is 0. The van der Waals surface area contributed by atoms with Gasteiger partial charge in [0.2, 0.25) is 0 Å². The van der Waals surface area contributed by atoms with Gasteiger partial charge < -0.3 is 4.74 Å². The van der Waals surface area contributed by atoms with Crippen LogP contribution in [0.25, 0.3) is 5.65 Å². The Morgan fingerprint density at radius 1 is 1.27 bits per heavy atom. The molecule has 3 aromatic rings. The van der Waals surface area contributed by atoms with E-state index < -0.39 is 5.97 Å². The minimum Gasteiger partial charge on any atom is -0.462 e. The van der Waals surface area contributed by atoms with Crippen LogP contribution in [0.3, 0.4) is 0 Å². The van der Waals surface area contributed by atoms with Crippen molar-refractivity contribution in [1.29, 1.82) is 0 Å². The average molecular weight is 292 g/mol. The summed E-state index contributed by atoms with van der Waals surface area (Å²) < 4.78 is 6.66. The van der Waals surface area contributed by atoms with Gasteiger partial charge in [0.25, 0.3) is 0 Å². The molecule has 0 aliphatic heterocycles. The molecule has 0 bridgehead atoms. The van der Waals surface area contributed by atoms with Crippen LogP contribution in [-0.4, -0.2) is 32.2 Å². The fourth-order valence-electron chi connectivity index (χ4n) is 1.89. The third-order valence-electron chi connectivity index (χ3n) is 2.90. The predicted molar refractivity (Wildman–Crippen MR) is 79.2 cm³/mol. The van der Waals surface area contributed by atoms with Gasteiger partial charge in [0, 0.05) is 24.7 Å². The summed E-state index contributed by atoms with van der Waals surface area (Å²) in [6.45, 7) is 2.07. The van der Waals surface area contributed by atoms with E-state index in [1.165, 1.54) is 12.4 Å². The van der Waals surface area contributed by atoms with Crippen molar-refractivity contribution < 1.29 is 9.53 Å². The zero-order valence-corrected chi connectivity index (χ0v) is 11.9. The maximum Gasteiger partial charge on any atom is 0.339 e. The van der Waals surface area contributed by atoms with E-state index in [9.17, 15) is 4.79 Å². The number of ether oxygens (including phenoxy) is 1. The van der Waals surface area contributed by atoms with E-state index in [0.717, 1.165) is 0 Å². The van der Waals surface area contributed by atoms with Gasteiger partial charge in [0.1, 0.15) is 5.69 Å². The number of carbonyl (C=O) groups excluding carboxylic acids is 1. The highest BCUT2D eigenvalue weighted by Gasteiger charge is 2.10. The lowest BCUT2D eigenvalue weighted by molar-refractivity contribution is 0.0526. The minimum absolute atomic E-state index is 0.313. The Kier molecular flexibility index (Phi) is 3.79. The van der Waals surface area contributed by atoms with E-state index in [0.29, 0.717) is 29.1 Å². The van der Waals surface area contributed by atoms with Crippen LogP contribution in [-0.2, 0) is 4.74 Å². The first-order valence-corrected chi connectivity index (χ1v) is 6.71. The Balaban J connectivity index is 1.95. The third kappa shape index (κ3) is 2.79. The normalized spacial score (nSPS) is 10.0. The molecule has 0 fully saturated rings. The molecule has 0 saturated heterocycles. The summed E-state index contributed by atoms with van der Waals surface area (Å²) >= 11 is 0. The average Bonchev–Trinajstić information content (AvgIpc) is 3.01. The molecule has 0 aliphatic carbocycles. The number of aromatic nitrogens is 4. The molecule has 108 valence electrons. The highest BCUT2D eigenvalue weighted by Crippen LogP contribution is 2.08. The molecule has 0 radical (unpaired) electrons. The SMILES string of the molecule is CCOC(=O)c1ccncc1C#Cc1ccn2nccc2n1. The molecule has 6 heteroatoms. The fourth-order valence-corrected chi connectivity index (χ4v) is 1.89. The number of rotatable bonds is 2. The molecule has 0 N–H and O–H groups in total. The van der Waals surface area contributed by atoms with Gasteiger partial charge >= 0.3 is 5.97 Å². The first-order valence-electron chi connectivity index (χ1n) is 6.71. The number of nitrogens with zero attached hydrogens (tertiary/aromatic N) is 4. The topological polar surface area (TPSA) is 69.4 Å². The Morgan fingerprint density at radius 2 is 2.18 bits per heavy atom. The summed E-state index contributed by atoms with van der Waals surface area (Å²) in [5, 5.41) is 4.07. The summed E-state index contributed by atoms with van der Waals surface area (Å²) in [4.78, 5) is 20.2. The van der Waals surface area contributed by atoms with Crippen molar-refractivity contribution in [1.82, 2.24) is 19.6 Å². The molecule has 0 saturated carbocycles. The second-order valence-electron chi connectivity index (χ2n) is 4.34. The maximum absolute atomic E-state index is 11.9. The van der Waals surface area contributed by atoms with Gasteiger partial charge in [-0.3, -0.25) is 4.98 Å². The Hall–Kier alpha value is -3.20. The van der Waals surface area contributed by atoms with E-state index in [4.69, 9.17) is 4.74 Å². The molecule has 0 unspecified atom stereocenters. The van der Waals surface area contributed by atoms with Gasteiger partial charge in [-0.15, -0.1) is 0 Å². The largest absolute Gasteiger partial charge is 0.462 e. The molecule has 3 rings (SSSR count). The fraction of sp³-hybridized carbons (Fsp3) is 0.125. The highest BCUT2D eigenvalue weighted by molar-refractivity contribution is 5.92. The summed E-state index contributed by atoms with van der Waals surface area (Å²) in [5.74, 6) is 5.44. The van der Waals surface area contributed by atoms with Crippen LogP contribution in [0.15, 0.2) is 43.0 Å². The molecule has 0 spiro atoms. The number of carbonyl (C=O) groups is 1. The van der Waals surface area contributed by atoms with Crippen molar-refractivity contribution in [2.24, 2.45) is 0 Å². The van der Waals surface area contributed by atoms with Crippen LogP contribution in [0.2, 0.25) is 0 Å². The van der Waals surface area contributed by atoms with Crippen molar-refractivity contribution in [2.45, 2.75) is 6.92 Å². The van der Waals surface area contributed by atoms with Crippen molar-refractivity contribution in [3.63, 3.8) is 0 Å². The Bertz CT molecular complexity index is 890. The van der Waals surface area contributed by atoms with Gasteiger partial charge in [0.15, 0.2) is 5.65 Å². The van der Waals surface area contributed by atoms with Crippen molar-refractivity contribution in [3.05, 3.63) is 59.8 Å². The van der Waals surface area contributed by atoms with Gasteiger partial charge in [-0.05, 0) is 25.0 Å². The molecule has 22 heavy (non-hydrogen) atoms. The zero-order chi connectivity index (χ0) is 15.4. The van der Waals surface area contributed by atoms with E-state index >= 15 is 0 Å². The van der Waals surface area contributed by atoms with Crippen molar-refractivity contribution in [2.75, 3.05) is 6.61 Å². The second kappa shape index (κ2) is 6.06. The predicted octanol–water partition coefficient (Wildman–Crippen LogP) is 1.70. The van der Waals surface area contributed by atoms with Gasteiger partial charge in [-0.2, -0.15) is 5.10 Å². The number of pyridine rings is 1. The molecule has 0 atom stereocenters. The lowest BCUT2D eigenvalue weighted by atomic mass is 10.1. The summed E-state index contributed by atoms with van der Waals surface area (Å²) in [5.41, 5.74) is 2.21. The smallest absolute Gasteiger partial charge is 0.339 e. The van der Waals surface area contributed by atoms with Crippen LogP contribution in [0.5, 0.6) is 0 Å². The van der Waals surface area contributed by atoms with Crippen LogP contribution in [0.4, 0.5) is 0 Å². The molecule has 0 aromatic carbocycles. The minimum atomic E-state index is -0.409. The first kappa shape index (κ1) is 13.8. The number of hydrogen-bond acceptors (Lipinski definition) is 5. The molecule has 0 aliphatic rings. The van der Waals surface area contributed by atoms with E-state index in [1.807, 2.05) is 0 Å². The van der Waals surface area contributed by atoms with Crippen LogP contribution in [0, 0.1) is 11.8 Å². The third-order valence-corrected chi connectivity index (χ3v) is 2.90. The van der Waals surface area contributed by atoms with Crippen LogP contribution < -0.4 is 0 Å². The molecule has 3 aromatic heterocycles. The van der Waals surface area contributed by atoms with E-state index in [1.54, 1.807) is 42.0 Å². The van der Waals surface area contributed by atoms with Gasteiger partial charge in [0.05, 0.1) is 23.9 Å². The second-order valence-corrected chi connectivity index (χ2v) is 4.34. The zero-order valence-electron chi connectivity index (χ0n) is 11.9. The molecule has 6 nitrogen and oxygen atoms in total. The number of esters is 1. The van der Waals surface area contributed by atoms with Crippen molar-refractivity contribution >= 4 is 11.6 Å². The molecule has 0 amide bonds. The molecule has 3 heterocycles. The van der Waals surface area contributed by atoms with Crippen LogP contribution in [0.1, 0.15) is 28.5 Å². The quantitative estimate of drug-likeness (QED) is 0.531.